The molecule has 3 rings (SSSR count). The zero-order valence-electron chi connectivity index (χ0n) is 22.6. The Bertz CT molecular complexity index is 893. The minimum atomic E-state index is -0.149. The molecule has 0 heterocycles. The highest BCUT2D eigenvalue weighted by Crippen LogP contribution is 2.49. The molecule has 2 aliphatic rings. The van der Waals surface area contributed by atoms with Crippen molar-refractivity contribution in [1.82, 2.24) is 0 Å². The van der Waals surface area contributed by atoms with E-state index in [1.807, 2.05) is 26.0 Å². The number of unbranched alkanes of at least 4 members (excludes halogenated alkanes) is 2. The van der Waals surface area contributed by atoms with Gasteiger partial charge in [-0.15, -0.1) is 0 Å². The third-order valence-corrected chi connectivity index (χ3v) is 7.86. The summed E-state index contributed by atoms with van der Waals surface area (Å²) in [4.78, 5) is 35.8. The van der Waals surface area contributed by atoms with E-state index in [0.717, 1.165) is 63.5 Å². The highest BCUT2D eigenvalue weighted by Gasteiger charge is 2.47. The van der Waals surface area contributed by atoms with Crippen LogP contribution in [0.5, 0.6) is 5.75 Å². The molecule has 1 fully saturated rings. The summed E-state index contributed by atoms with van der Waals surface area (Å²) in [6, 6.07) is 6.11. The fourth-order valence-corrected chi connectivity index (χ4v) is 6.01. The van der Waals surface area contributed by atoms with E-state index >= 15 is 0 Å². The summed E-state index contributed by atoms with van der Waals surface area (Å²) in [5, 5.41) is 0. The van der Waals surface area contributed by atoms with Crippen molar-refractivity contribution in [3.05, 3.63) is 29.3 Å². The smallest absolute Gasteiger partial charge is 0.305 e. The number of Topliss-reactive ketones (excluding diaryl/α,β-unsaturated/α-hetero) is 1. The van der Waals surface area contributed by atoms with Crippen LogP contribution in [-0.2, 0) is 36.7 Å². The van der Waals surface area contributed by atoms with E-state index in [4.69, 9.17) is 14.2 Å². The number of ether oxygens (including phenoxy) is 3. The number of hydrogen-bond acceptors (Lipinski definition) is 6. The van der Waals surface area contributed by atoms with Crippen molar-refractivity contribution in [3.8, 4) is 5.75 Å². The fourth-order valence-electron chi connectivity index (χ4n) is 6.01. The van der Waals surface area contributed by atoms with E-state index < -0.39 is 0 Å². The van der Waals surface area contributed by atoms with Crippen LogP contribution in [0.15, 0.2) is 18.2 Å². The van der Waals surface area contributed by atoms with E-state index in [2.05, 4.69) is 13.0 Å². The molecule has 6 heteroatoms. The van der Waals surface area contributed by atoms with Gasteiger partial charge in [0.1, 0.15) is 24.6 Å². The first-order chi connectivity index (χ1) is 17.4. The first kappa shape index (κ1) is 28.2. The average molecular weight is 501 g/mol. The van der Waals surface area contributed by atoms with Crippen molar-refractivity contribution in [3.63, 3.8) is 0 Å². The second kappa shape index (κ2) is 13.8. The maximum absolute atomic E-state index is 12.3. The number of rotatable bonds is 14. The van der Waals surface area contributed by atoms with Crippen LogP contribution in [-0.4, -0.2) is 36.5 Å². The van der Waals surface area contributed by atoms with Crippen molar-refractivity contribution in [2.24, 2.45) is 17.8 Å². The summed E-state index contributed by atoms with van der Waals surface area (Å²) in [6.07, 6.45) is 9.10. The van der Waals surface area contributed by atoms with Crippen LogP contribution >= 0.6 is 0 Å². The summed E-state index contributed by atoms with van der Waals surface area (Å²) < 4.78 is 17.6. The van der Waals surface area contributed by atoms with Crippen LogP contribution < -0.4 is 4.74 Å². The third-order valence-electron chi connectivity index (χ3n) is 7.86. The van der Waals surface area contributed by atoms with E-state index in [1.54, 1.807) is 0 Å². The summed E-state index contributed by atoms with van der Waals surface area (Å²) >= 11 is 0. The Morgan fingerprint density at radius 3 is 2.47 bits per heavy atom. The van der Waals surface area contributed by atoms with Gasteiger partial charge < -0.3 is 14.2 Å². The molecule has 0 aliphatic heterocycles. The van der Waals surface area contributed by atoms with Crippen molar-refractivity contribution in [2.75, 3.05) is 6.61 Å². The monoisotopic (exact) mass is 500 g/mol. The quantitative estimate of drug-likeness (QED) is 0.230. The van der Waals surface area contributed by atoms with Crippen LogP contribution in [0, 0.1) is 17.8 Å². The van der Waals surface area contributed by atoms with Gasteiger partial charge in [0.25, 0.3) is 0 Å². The molecular weight excluding hydrogens is 456 g/mol. The Kier molecular flexibility index (Phi) is 10.8. The molecule has 0 spiro atoms. The molecule has 0 saturated heterocycles. The van der Waals surface area contributed by atoms with Gasteiger partial charge in [0.2, 0.25) is 0 Å². The van der Waals surface area contributed by atoms with Gasteiger partial charge >= 0.3 is 11.9 Å². The van der Waals surface area contributed by atoms with Crippen molar-refractivity contribution in [2.45, 2.75) is 111 Å². The molecule has 0 aromatic heterocycles. The Hall–Kier alpha value is -2.37. The predicted molar refractivity (Wildman–Crippen MR) is 139 cm³/mol. The van der Waals surface area contributed by atoms with E-state index in [0.29, 0.717) is 24.7 Å². The first-order valence-electron chi connectivity index (χ1n) is 14.0. The number of esters is 2. The molecule has 6 nitrogen and oxygen atoms in total. The van der Waals surface area contributed by atoms with Crippen LogP contribution in [0.1, 0.15) is 96.6 Å². The minimum Gasteiger partial charge on any atom is -0.486 e. The number of fused-ring (bicyclic) bond motifs is 2. The molecule has 1 aromatic carbocycles. The Morgan fingerprint density at radius 1 is 1.00 bits per heavy atom. The van der Waals surface area contributed by atoms with Gasteiger partial charge in [-0.3, -0.25) is 14.4 Å². The van der Waals surface area contributed by atoms with Gasteiger partial charge in [-0.25, -0.2) is 0 Å². The van der Waals surface area contributed by atoms with Crippen LogP contribution in [0.2, 0.25) is 0 Å². The molecule has 1 saturated carbocycles. The molecule has 0 N–H and O–H groups in total. The van der Waals surface area contributed by atoms with Gasteiger partial charge in [-0.05, 0) is 86.8 Å². The summed E-state index contributed by atoms with van der Waals surface area (Å²) in [5.41, 5.74) is 2.46. The second-order valence-corrected chi connectivity index (χ2v) is 10.5. The van der Waals surface area contributed by atoms with Crippen molar-refractivity contribution >= 4 is 17.7 Å². The van der Waals surface area contributed by atoms with Crippen LogP contribution in [0.4, 0.5) is 0 Å². The molecule has 0 bridgehead atoms. The molecule has 1 unspecified atom stereocenters. The summed E-state index contributed by atoms with van der Waals surface area (Å²) in [6.45, 7) is 7.46. The summed E-state index contributed by atoms with van der Waals surface area (Å²) in [7, 11) is 0. The molecule has 200 valence electrons. The van der Waals surface area contributed by atoms with Gasteiger partial charge in [0.05, 0.1) is 0 Å². The highest BCUT2D eigenvalue weighted by atomic mass is 16.5. The Labute approximate surface area is 216 Å². The van der Waals surface area contributed by atoms with Gasteiger partial charge in [0, 0.05) is 12.8 Å². The Morgan fingerprint density at radius 2 is 1.78 bits per heavy atom. The molecular formula is C30H44O6. The number of benzene rings is 1. The average Bonchev–Trinajstić information content (AvgIpc) is 3.19. The van der Waals surface area contributed by atoms with Crippen molar-refractivity contribution < 1.29 is 28.6 Å². The zero-order chi connectivity index (χ0) is 26.1. The van der Waals surface area contributed by atoms with E-state index in [9.17, 15) is 14.4 Å². The molecule has 0 radical (unpaired) electrons. The molecule has 36 heavy (non-hydrogen) atoms. The number of ketones is 1. The molecule has 2 aliphatic carbocycles. The lowest BCUT2D eigenvalue weighted by atomic mass is 9.73. The number of hydrogen-bond donors (Lipinski definition) is 0. The normalized spacial score (nSPS) is 23.3. The maximum atomic E-state index is 12.3. The van der Waals surface area contributed by atoms with E-state index in [-0.39, 0.29) is 42.5 Å². The standard InChI is InChI=1S/C30H44O6/c1-5-8-9-12-23(35-29(32)6-2)14-15-24-25-16-21-11-10-13-27(34-19-20(4)31)26(21)17-22(25)18-28(24)36-30(33)7-3/h10-11,13,22-25,28H,5-9,12,14-19H2,1-4H3/t22-,23-,24+,25?,28+/m0/s1. The zero-order valence-corrected chi connectivity index (χ0v) is 22.6. The number of carbonyl (C=O) groups excluding carboxylic acids is 3. The van der Waals surface area contributed by atoms with Crippen LogP contribution in [0.25, 0.3) is 0 Å². The SMILES string of the molecule is CCCCC[C@@H](CC[C@@H]1C2Cc3cccc(OCC(C)=O)c3C[C@H]2C[C@H]1OC(=O)CC)OC(=O)CC. The Balaban J connectivity index is 1.76. The van der Waals surface area contributed by atoms with Crippen LogP contribution in [0.3, 0.4) is 0 Å². The van der Waals surface area contributed by atoms with Crippen molar-refractivity contribution in [1.29, 1.82) is 0 Å². The fraction of sp³-hybridized carbons (Fsp3) is 0.700. The lowest BCUT2D eigenvalue weighted by Gasteiger charge is -2.33. The molecule has 0 amide bonds. The topological polar surface area (TPSA) is 78.9 Å². The van der Waals surface area contributed by atoms with Gasteiger partial charge in [0.15, 0.2) is 5.78 Å². The summed E-state index contributed by atoms with van der Waals surface area (Å²) in [5.74, 6) is 1.57. The minimum absolute atomic E-state index is 0.00558. The van der Waals surface area contributed by atoms with E-state index in [1.165, 1.54) is 18.1 Å². The molecule has 5 atom stereocenters. The second-order valence-electron chi connectivity index (χ2n) is 10.5. The molecule has 1 aromatic rings. The third kappa shape index (κ3) is 7.57. The maximum Gasteiger partial charge on any atom is 0.305 e. The first-order valence-corrected chi connectivity index (χ1v) is 14.0. The lowest BCUT2D eigenvalue weighted by molar-refractivity contribution is -0.151. The predicted octanol–water partition coefficient (Wildman–Crippen LogP) is 6.01. The lowest BCUT2D eigenvalue weighted by Crippen LogP contribution is -2.30. The highest BCUT2D eigenvalue weighted by molar-refractivity contribution is 5.77. The largest absolute Gasteiger partial charge is 0.486 e. The number of carbonyl (C=O) groups is 3. The van der Waals surface area contributed by atoms with Gasteiger partial charge in [-0.1, -0.05) is 45.7 Å². The van der Waals surface area contributed by atoms with Gasteiger partial charge in [-0.2, -0.15) is 0 Å².